The van der Waals surface area contributed by atoms with Crippen LogP contribution in [0.4, 0.5) is 0 Å². The van der Waals surface area contributed by atoms with Gasteiger partial charge in [-0.05, 0) is 51.0 Å². The van der Waals surface area contributed by atoms with Crippen LogP contribution >= 0.6 is 0 Å². The molecule has 1 aliphatic rings. The van der Waals surface area contributed by atoms with E-state index in [2.05, 4.69) is 39.1 Å². The standard InChI is InChI=1S/C15H25NO/c1-10(2)15(6-7-15)9-16-12(4)14-8-11(3)17-13(14)5/h8,10,12,16H,6-7,9H2,1-5H3. The molecule has 96 valence electrons. The van der Waals surface area contributed by atoms with E-state index < -0.39 is 0 Å². The predicted molar refractivity (Wildman–Crippen MR) is 71.1 cm³/mol. The van der Waals surface area contributed by atoms with Crippen LogP contribution < -0.4 is 5.32 Å². The summed E-state index contributed by atoms with van der Waals surface area (Å²) in [5, 5.41) is 3.68. The Hall–Kier alpha value is -0.760. The number of aryl methyl sites for hydroxylation is 2. The van der Waals surface area contributed by atoms with Crippen molar-refractivity contribution in [1.29, 1.82) is 0 Å². The summed E-state index contributed by atoms with van der Waals surface area (Å²) in [5.74, 6) is 2.85. The van der Waals surface area contributed by atoms with E-state index >= 15 is 0 Å². The first-order valence-corrected chi connectivity index (χ1v) is 6.75. The Balaban J connectivity index is 1.94. The molecular weight excluding hydrogens is 210 g/mol. The smallest absolute Gasteiger partial charge is 0.105 e. The summed E-state index contributed by atoms with van der Waals surface area (Å²) in [6.45, 7) is 12.1. The molecule has 2 rings (SSSR count). The highest BCUT2D eigenvalue weighted by molar-refractivity contribution is 5.23. The normalized spacial score (nSPS) is 19.6. The van der Waals surface area contributed by atoms with Crippen molar-refractivity contribution in [3.05, 3.63) is 23.2 Å². The van der Waals surface area contributed by atoms with Crippen LogP contribution in [0.2, 0.25) is 0 Å². The Kier molecular flexibility index (Phi) is 3.35. The van der Waals surface area contributed by atoms with Crippen molar-refractivity contribution in [2.75, 3.05) is 6.54 Å². The molecule has 2 heteroatoms. The van der Waals surface area contributed by atoms with Gasteiger partial charge in [0.15, 0.2) is 0 Å². The minimum atomic E-state index is 0.392. The van der Waals surface area contributed by atoms with E-state index in [0.717, 1.165) is 24.0 Å². The van der Waals surface area contributed by atoms with Gasteiger partial charge in [-0.3, -0.25) is 0 Å². The minimum Gasteiger partial charge on any atom is -0.466 e. The van der Waals surface area contributed by atoms with Crippen LogP contribution in [0.15, 0.2) is 10.5 Å². The molecular formula is C15H25NO. The molecule has 1 aromatic rings. The summed E-state index contributed by atoms with van der Waals surface area (Å²) in [6.07, 6.45) is 2.77. The molecule has 1 saturated carbocycles. The summed E-state index contributed by atoms with van der Waals surface area (Å²) < 4.78 is 5.59. The monoisotopic (exact) mass is 235 g/mol. The average Bonchev–Trinajstić information content (AvgIpc) is 2.97. The molecule has 2 nitrogen and oxygen atoms in total. The summed E-state index contributed by atoms with van der Waals surface area (Å²) in [6, 6.07) is 2.55. The van der Waals surface area contributed by atoms with Crippen molar-refractivity contribution >= 4 is 0 Å². The molecule has 1 atom stereocenters. The van der Waals surface area contributed by atoms with E-state index in [9.17, 15) is 0 Å². The van der Waals surface area contributed by atoms with Gasteiger partial charge in [0, 0.05) is 18.2 Å². The molecule has 0 aliphatic heterocycles. The fraction of sp³-hybridized carbons (Fsp3) is 0.733. The molecule has 0 amide bonds. The van der Waals surface area contributed by atoms with E-state index in [1.807, 2.05) is 6.92 Å². The summed E-state index contributed by atoms with van der Waals surface area (Å²) in [5.41, 5.74) is 1.88. The summed E-state index contributed by atoms with van der Waals surface area (Å²) in [7, 11) is 0. The van der Waals surface area contributed by atoms with Gasteiger partial charge in [0.05, 0.1) is 0 Å². The molecule has 1 N–H and O–H groups in total. The molecule has 1 aliphatic carbocycles. The van der Waals surface area contributed by atoms with Crippen molar-refractivity contribution in [1.82, 2.24) is 5.32 Å². The van der Waals surface area contributed by atoms with E-state index in [1.165, 1.54) is 18.4 Å². The first kappa shape index (κ1) is 12.7. The molecule has 1 heterocycles. The van der Waals surface area contributed by atoms with Gasteiger partial charge >= 0.3 is 0 Å². The lowest BCUT2D eigenvalue weighted by Crippen LogP contribution is -2.29. The van der Waals surface area contributed by atoms with Gasteiger partial charge in [-0.25, -0.2) is 0 Å². The lowest BCUT2D eigenvalue weighted by atomic mass is 9.92. The third kappa shape index (κ3) is 2.57. The van der Waals surface area contributed by atoms with Crippen LogP contribution in [0.3, 0.4) is 0 Å². The van der Waals surface area contributed by atoms with Crippen LogP contribution in [0.5, 0.6) is 0 Å². The van der Waals surface area contributed by atoms with Gasteiger partial charge in [0.2, 0.25) is 0 Å². The van der Waals surface area contributed by atoms with Gasteiger partial charge in [0.25, 0.3) is 0 Å². The van der Waals surface area contributed by atoms with E-state index in [1.54, 1.807) is 0 Å². The topological polar surface area (TPSA) is 25.2 Å². The average molecular weight is 235 g/mol. The van der Waals surface area contributed by atoms with E-state index in [0.29, 0.717) is 11.5 Å². The molecule has 1 fully saturated rings. The van der Waals surface area contributed by atoms with E-state index in [-0.39, 0.29) is 0 Å². The molecule has 1 unspecified atom stereocenters. The van der Waals surface area contributed by atoms with Gasteiger partial charge < -0.3 is 9.73 Å². The van der Waals surface area contributed by atoms with Crippen molar-refractivity contribution in [2.45, 2.75) is 53.5 Å². The fourth-order valence-electron chi connectivity index (χ4n) is 2.67. The quantitative estimate of drug-likeness (QED) is 0.835. The Morgan fingerprint density at radius 2 is 1.94 bits per heavy atom. The maximum absolute atomic E-state index is 5.59. The van der Waals surface area contributed by atoms with Crippen LogP contribution in [0.1, 0.15) is 56.7 Å². The number of hydrogen-bond donors (Lipinski definition) is 1. The van der Waals surface area contributed by atoms with Crippen molar-refractivity contribution < 1.29 is 4.42 Å². The second-order valence-corrected chi connectivity index (χ2v) is 5.99. The lowest BCUT2D eigenvalue weighted by molar-refractivity contribution is 0.324. The van der Waals surface area contributed by atoms with Gasteiger partial charge in [-0.1, -0.05) is 13.8 Å². The molecule has 0 aromatic carbocycles. The first-order valence-electron chi connectivity index (χ1n) is 6.75. The first-order chi connectivity index (χ1) is 7.94. The van der Waals surface area contributed by atoms with Crippen LogP contribution in [-0.2, 0) is 0 Å². The minimum absolute atomic E-state index is 0.392. The number of rotatable bonds is 5. The SMILES string of the molecule is Cc1cc(C(C)NCC2(C(C)C)CC2)c(C)o1. The largest absolute Gasteiger partial charge is 0.466 e. The molecule has 17 heavy (non-hydrogen) atoms. The zero-order valence-electron chi connectivity index (χ0n) is 11.8. The van der Waals surface area contributed by atoms with Gasteiger partial charge in [0.1, 0.15) is 11.5 Å². The molecule has 1 aromatic heterocycles. The second-order valence-electron chi connectivity index (χ2n) is 5.99. The summed E-state index contributed by atoms with van der Waals surface area (Å²) >= 11 is 0. The lowest BCUT2D eigenvalue weighted by Gasteiger charge is -2.23. The van der Waals surface area contributed by atoms with Crippen LogP contribution in [0.25, 0.3) is 0 Å². The zero-order chi connectivity index (χ0) is 12.6. The van der Waals surface area contributed by atoms with Gasteiger partial charge in [-0.15, -0.1) is 0 Å². The highest BCUT2D eigenvalue weighted by atomic mass is 16.3. The fourth-order valence-corrected chi connectivity index (χ4v) is 2.67. The highest BCUT2D eigenvalue weighted by Gasteiger charge is 2.44. The number of nitrogens with one attached hydrogen (secondary N) is 1. The Labute approximate surface area is 105 Å². The van der Waals surface area contributed by atoms with Crippen molar-refractivity contribution in [3.8, 4) is 0 Å². The van der Waals surface area contributed by atoms with E-state index in [4.69, 9.17) is 4.42 Å². The molecule has 0 saturated heterocycles. The number of furan rings is 1. The number of hydrogen-bond acceptors (Lipinski definition) is 2. The maximum atomic E-state index is 5.59. The maximum Gasteiger partial charge on any atom is 0.105 e. The predicted octanol–water partition coefficient (Wildman–Crippen LogP) is 3.98. The molecule has 0 bridgehead atoms. The van der Waals surface area contributed by atoms with Crippen molar-refractivity contribution in [2.24, 2.45) is 11.3 Å². The Morgan fingerprint density at radius 3 is 2.35 bits per heavy atom. The van der Waals surface area contributed by atoms with Crippen LogP contribution in [0, 0.1) is 25.2 Å². The zero-order valence-corrected chi connectivity index (χ0v) is 11.8. The molecule has 0 spiro atoms. The molecule has 0 radical (unpaired) electrons. The summed E-state index contributed by atoms with van der Waals surface area (Å²) in [4.78, 5) is 0. The second kappa shape index (κ2) is 4.49. The Morgan fingerprint density at radius 1 is 1.29 bits per heavy atom. The third-order valence-corrected chi connectivity index (χ3v) is 4.42. The Bertz CT molecular complexity index is 388. The highest BCUT2D eigenvalue weighted by Crippen LogP contribution is 2.51. The van der Waals surface area contributed by atoms with Gasteiger partial charge in [-0.2, -0.15) is 0 Å². The van der Waals surface area contributed by atoms with Crippen LogP contribution in [-0.4, -0.2) is 6.54 Å². The van der Waals surface area contributed by atoms with Crippen molar-refractivity contribution in [3.63, 3.8) is 0 Å². The third-order valence-electron chi connectivity index (χ3n) is 4.42.